The largest absolute Gasteiger partial charge is 0.352 e. The number of nitrogens with zero attached hydrogens (tertiary/aromatic N) is 1. The summed E-state index contributed by atoms with van der Waals surface area (Å²) >= 11 is 0. The summed E-state index contributed by atoms with van der Waals surface area (Å²) in [6.07, 6.45) is 5.85. The van der Waals surface area contributed by atoms with Gasteiger partial charge in [0.15, 0.2) is 0 Å². The Kier molecular flexibility index (Phi) is 4.60. The van der Waals surface area contributed by atoms with Crippen molar-refractivity contribution in [2.45, 2.75) is 45.6 Å². The fraction of sp³-hybridized carbons (Fsp3) is 0.611. The number of aryl methyl sites for hydroxylation is 2. The monoisotopic (exact) mass is 350 g/mol. The zero-order chi connectivity index (χ0) is 17.5. The van der Waals surface area contributed by atoms with Crippen LogP contribution in [0.15, 0.2) is 18.2 Å². The van der Waals surface area contributed by atoms with Gasteiger partial charge in [-0.25, -0.2) is 8.42 Å². The minimum Gasteiger partial charge on any atom is -0.352 e. The molecule has 2 aliphatic carbocycles. The zero-order valence-corrected chi connectivity index (χ0v) is 15.4. The quantitative estimate of drug-likeness (QED) is 0.886. The highest BCUT2D eigenvalue weighted by Gasteiger charge is 2.40. The average Bonchev–Trinajstić information content (AvgIpc) is 3.09. The van der Waals surface area contributed by atoms with Crippen LogP contribution in [0.3, 0.4) is 0 Å². The summed E-state index contributed by atoms with van der Waals surface area (Å²) in [6.45, 7) is 3.62. The van der Waals surface area contributed by atoms with E-state index in [2.05, 4.69) is 5.32 Å². The molecule has 1 aromatic rings. The van der Waals surface area contributed by atoms with E-state index in [0.717, 1.165) is 29.7 Å². The van der Waals surface area contributed by atoms with E-state index in [1.54, 1.807) is 0 Å². The number of carbonyl (C=O) groups excluding carboxylic acids is 1. The number of fused-ring (bicyclic) bond motifs is 2. The lowest BCUT2D eigenvalue weighted by atomic mass is 9.95. The number of nitrogens with one attached hydrogen (secondary N) is 1. The van der Waals surface area contributed by atoms with Gasteiger partial charge in [0.2, 0.25) is 15.9 Å². The lowest BCUT2D eigenvalue weighted by Gasteiger charge is -2.27. The number of rotatable bonds is 5. The summed E-state index contributed by atoms with van der Waals surface area (Å²) in [6, 6.07) is 5.86. The molecular formula is C18H26N2O3S. The third-order valence-electron chi connectivity index (χ3n) is 5.41. The highest BCUT2D eigenvalue weighted by Crippen LogP contribution is 2.44. The SMILES string of the molecule is Cc1ccc(C)c(N(CC(=O)N[C@@H]2C[C@H]3CC[C@@H]2C3)S(C)(=O)=O)c1. The van der Waals surface area contributed by atoms with Crippen LogP contribution < -0.4 is 9.62 Å². The Balaban J connectivity index is 1.75. The average molecular weight is 350 g/mol. The Morgan fingerprint density at radius 1 is 1.25 bits per heavy atom. The van der Waals surface area contributed by atoms with E-state index in [4.69, 9.17) is 0 Å². The molecule has 5 nitrogen and oxygen atoms in total. The fourth-order valence-electron chi connectivity index (χ4n) is 4.17. The van der Waals surface area contributed by atoms with Crippen molar-refractivity contribution in [1.29, 1.82) is 0 Å². The number of benzene rings is 1. The molecule has 2 fully saturated rings. The summed E-state index contributed by atoms with van der Waals surface area (Å²) in [5, 5.41) is 3.07. The molecule has 0 unspecified atom stereocenters. The lowest BCUT2D eigenvalue weighted by molar-refractivity contribution is -0.120. The smallest absolute Gasteiger partial charge is 0.241 e. The van der Waals surface area contributed by atoms with Crippen molar-refractivity contribution in [1.82, 2.24) is 5.32 Å². The molecule has 0 aliphatic heterocycles. The van der Waals surface area contributed by atoms with Crippen LogP contribution in [-0.4, -0.2) is 33.2 Å². The Hall–Kier alpha value is -1.56. The number of anilines is 1. The summed E-state index contributed by atoms with van der Waals surface area (Å²) in [7, 11) is -3.52. The minimum atomic E-state index is -3.52. The van der Waals surface area contributed by atoms with E-state index < -0.39 is 10.0 Å². The van der Waals surface area contributed by atoms with E-state index in [9.17, 15) is 13.2 Å². The van der Waals surface area contributed by atoms with Gasteiger partial charge in [-0.1, -0.05) is 18.6 Å². The van der Waals surface area contributed by atoms with Crippen LogP contribution in [0.5, 0.6) is 0 Å². The Bertz CT molecular complexity index is 745. The van der Waals surface area contributed by atoms with Crippen LogP contribution in [0, 0.1) is 25.7 Å². The fourth-order valence-corrected chi connectivity index (χ4v) is 5.08. The van der Waals surface area contributed by atoms with Gasteiger partial charge in [0, 0.05) is 6.04 Å². The molecule has 0 aromatic heterocycles. The van der Waals surface area contributed by atoms with Gasteiger partial charge in [0.1, 0.15) is 6.54 Å². The van der Waals surface area contributed by atoms with Crippen molar-refractivity contribution in [2.75, 3.05) is 17.1 Å². The third kappa shape index (κ3) is 3.58. The molecular weight excluding hydrogens is 324 g/mol. The molecule has 3 rings (SSSR count). The van der Waals surface area contributed by atoms with Gasteiger partial charge in [-0.2, -0.15) is 0 Å². The van der Waals surface area contributed by atoms with Gasteiger partial charge in [-0.15, -0.1) is 0 Å². The molecule has 2 aliphatic rings. The molecule has 0 radical (unpaired) electrons. The number of hydrogen-bond acceptors (Lipinski definition) is 3. The first-order valence-electron chi connectivity index (χ1n) is 8.58. The first kappa shape index (κ1) is 17.3. The molecule has 1 amide bonds. The predicted molar refractivity (Wildman–Crippen MR) is 95.5 cm³/mol. The molecule has 3 atom stereocenters. The Morgan fingerprint density at radius 2 is 2.00 bits per heavy atom. The van der Waals surface area contributed by atoms with Gasteiger partial charge in [-0.05, 0) is 62.1 Å². The van der Waals surface area contributed by atoms with E-state index >= 15 is 0 Å². The van der Waals surface area contributed by atoms with Gasteiger partial charge >= 0.3 is 0 Å². The van der Waals surface area contributed by atoms with Gasteiger partial charge in [0.25, 0.3) is 0 Å². The number of sulfonamides is 1. The highest BCUT2D eigenvalue weighted by molar-refractivity contribution is 7.92. The predicted octanol–water partition coefficient (Wildman–Crippen LogP) is 2.37. The maximum Gasteiger partial charge on any atom is 0.241 e. The second kappa shape index (κ2) is 6.39. The molecule has 1 N–H and O–H groups in total. The zero-order valence-electron chi connectivity index (χ0n) is 14.6. The maximum absolute atomic E-state index is 12.5. The van der Waals surface area contributed by atoms with Gasteiger partial charge in [0.05, 0.1) is 11.9 Å². The van der Waals surface area contributed by atoms with Crippen molar-refractivity contribution in [3.8, 4) is 0 Å². The maximum atomic E-state index is 12.5. The second-order valence-electron chi connectivity index (χ2n) is 7.41. The van der Waals surface area contributed by atoms with Crippen molar-refractivity contribution in [3.05, 3.63) is 29.3 Å². The molecule has 6 heteroatoms. The first-order valence-corrected chi connectivity index (χ1v) is 10.4. The molecule has 1 aromatic carbocycles. The van der Waals surface area contributed by atoms with Crippen molar-refractivity contribution in [2.24, 2.45) is 11.8 Å². The minimum absolute atomic E-state index is 0.156. The van der Waals surface area contributed by atoms with Crippen LogP contribution in [0.25, 0.3) is 0 Å². The Labute approximate surface area is 144 Å². The van der Waals surface area contributed by atoms with Crippen LogP contribution in [-0.2, 0) is 14.8 Å². The number of carbonyl (C=O) groups is 1. The first-order chi connectivity index (χ1) is 11.2. The summed E-state index contributed by atoms with van der Waals surface area (Å²) in [5.74, 6) is 1.11. The molecule has 0 saturated heterocycles. The summed E-state index contributed by atoms with van der Waals surface area (Å²) in [4.78, 5) is 12.5. The molecule has 24 heavy (non-hydrogen) atoms. The molecule has 2 saturated carbocycles. The van der Waals surface area contributed by atoms with Crippen molar-refractivity contribution in [3.63, 3.8) is 0 Å². The number of amides is 1. The topological polar surface area (TPSA) is 66.5 Å². The Morgan fingerprint density at radius 3 is 2.58 bits per heavy atom. The second-order valence-corrected chi connectivity index (χ2v) is 9.32. The summed E-state index contributed by atoms with van der Waals surface area (Å²) in [5.41, 5.74) is 2.40. The van der Waals surface area contributed by atoms with Gasteiger partial charge in [-0.3, -0.25) is 9.10 Å². The molecule has 0 heterocycles. The van der Waals surface area contributed by atoms with Crippen LogP contribution in [0.1, 0.15) is 36.8 Å². The van der Waals surface area contributed by atoms with Crippen molar-refractivity contribution >= 4 is 21.6 Å². The summed E-state index contributed by atoms with van der Waals surface area (Å²) < 4.78 is 25.7. The lowest BCUT2D eigenvalue weighted by Crippen LogP contribution is -2.45. The highest BCUT2D eigenvalue weighted by atomic mass is 32.2. The van der Waals surface area contributed by atoms with E-state index in [1.807, 2.05) is 32.0 Å². The molecule has 0 spiro atoms. The van der Waals surface area contributed by atoms with Crippen LogP contribution >= 0.6 is 0 Å². The van der Waals surface area contributed by atoms with E-state index in [0.29, 0.717) is 11.6 Å². The normalized spacial score (nSPS) is 25.7. The van der Waals surface area contributed by atoms with Crippen LogP contribution in [0.2, 0.25) is 0 Å². The van der Waals surface area contributed by atoms with Crippen LogP contribution in [0.4, 0.5) is 5.69 Å². The standard InChI is InChI=1S/C18H26N2O3S/c1-12-4-5-13(2)17(8-12)20(24(3,22)23)11-18(21)19-16-10-14-6-7-15(16)9-14/h4-5,8,14-16H,6-7,9-11H2,1-3H3,(H,19,21)/t14-,15+,16+/m0/s1. The number of hydrogen-bond donors (Lipinski definition) is 1. The van der Waals surface area contributed by atoms with E-state index in [-0.39, 0.29) is 18.5 Å². The molecule has 132 valence electrons. The van der Waals surface area contributed by atoms with Gasteiger partial charge < -0.3 is 5.32 Å². The van der Waals surface area contributed by atoms with Crippen molar-refractivity contribution < 1.29 is 13.2 Å². The molecule has 2 bridgehead atoms. The third-order valence-corrected chi connectivity index (χ3v) is 6.53. The van der Waals surface area contributed by atoms with E-state index in [1.165, 1.54) is 23.6 Å².